The summed E-state index contributed by atoms with van der Waals surface area (Å²) in [7, 11) is 0. The minimum absolute atomic E-state index is 0.283. The van der Waals surface area contributed by atoms with Crippen molar-refractivity contribution in [2.24, 2.45) is 5.92 Å². The quantitative estimate of drug-likeness (QED) is 0.740. The van der Waals surface area contributed by atoms with E-state index in [1.165, 1.54) is 0 Å². The zero-order valence-electron chi connectivity index (χ0n) is 9.79. The van der Waals surface area contributed by atoms with Crippen molar-refractivity contribution in [1.29, 1.82) is 0 Å². The minimum atomic E-state index is 0.283. The molecule has 0 aliphatic carbocycles. The van der Waals surface area contributed by atoms with E-state index >= 15 is 0 Å². The Hall–Kier alpha value is -1.18. The van der Waals surface area contributed by atoms with Crippen molar-refractivity contribution < 1.29 is 4.79 Å². The van der Waals surface area contributed by atoms with Gasteiger partial charge in [-0.1, -0.05) is 26.8 Å². The van der Waals surface area contributed by atoms with Gasteiger partial charge in [-0.05, 0) is 24.5 Å². The zero-order chi connectivity index (χ0) is 11.3. The highest BCUT2D eigenvalue weighted by molar-refractivity contribution is 5.80. The van der Waals surface area contributed by atoms with Gasteiger partial charge in [0.05, 0.1) is 0 Å². The van der Waals surface area contributed by atoms with E-state index < -0.39 is 0 Å². The molecule has 2 nitrogen and oxygen atoms in total. The molecule has 2 heteroatoms. The lowest BCUT2D eigenvalue weighted by molar-refractivity contribution is -0.119. The maximum absolute atomic E-state index is 11.6. The van der Waals surface area contributed by atoms with E-state index in [0.29, 0.717) is 18.8 Å². The fraction of sp³-hybridized carbons (Fsp3) is 0.538. The molecule has 0 saturated carbocycles. The van der Waals surface area contributed by atoms with Gasteiger partial charge in [-0.15, -0.1) is 0 Å². The first-order valence-electron chi connectivity index (χ1n) is 5.58. The molecule has 1 aromatic heterocycles. The number of aryl methyl sites for hydroxylation is 1. The number of ketones is 1. The third-order valence-corrected chi connectivity index (χ3v) is 2.24. The molecule has 0 radical (unpaired) electrons. The normalized spacial score (nSPS) is 10.7. The SMILES string of the molecule is CCc1cccc(CC(=O)CC(C)C)n1. The summed E-state index contributed by atoms with van der Waals surface area (Å²) in [5.74, 6) is 0.720. The van der Waals surface area contributed by atoms with Gasteiger partial charge in [0, 0.05) is 24.2 Å². The van der Waals surface area contributed by atoms with Crippen LogP contribution in [0.25, 0.3) is 0 Å². The Labute approximate surface area is 91.7 Å². The number of aromatic nitrogens is 1. The third kappa shape index (κ3) is 4.24. The summed E-state index contributed by atoms with van der Waals surface area (Å²) >= 11 is 0. The smallest absolute Gasteiger partial charge is 0.139 e. The Morgan fingerprint density at radius 1 is 1.33 bits per heavy atom. The molecule has 1 heterocycles. The molecular weight excluding hydrogens is 186 g/mol. The number of hydrogen-bond donors (Lipinski definition) is 0. The van der Waals surface area contributed by atoms with Crippen molar-refractivity contribution >= 4 is 5.78 Å². The second-order valence-corrected chi connectivity index (χ2v) is 4.29. The topological polar surface area (TPSA) is 30.0 Å². The van der Waals surface area contributed by atoms with Crippen LogP contribution in [0.3, 0.4) is 0 Å². The van der Waals surface area contributed by atoms with E-state index in [2.05, 4.69) is 25.8 Å². The average Bonchev–Trinajstić information content (AvgIpc) is 2.16. The monoisotopic (exact) mass is 205 g/mol. The number of nitrogens with zero attached hydrogens (tertiary/aromatic N) is 1. The number of Topliss-reactive ketones (excluding diaryl/α,β-unsaturated/α-hetero) is 1. The predicted molar refractivity (Wildman–Crippen MR) is 61.8 cm³/mol. The van der Waals surface area contributed by atoms with Crippen molar-refractivity contribution in [2.45, 2.75) is 40.0 Å². The summed E-state index contributed by atoms with van der Waals surface area (Å²) < 4.78 is 0. The van der Waals surface area contributed by atoms with Crippen LogP contribution in [0.1, 0.15) is 38.6 Å². The first kappa shape index (κ1) is 11.9. The van der Waals surface area contributed by atoms with Gasteiger partial charge < -0.3 is 0 Å². The molecule has 0 aromatic carbocycles. The summed E-state index contributed by atoms with van der Waals surface area (Å²) in [5, 5.41) is 0. The average molecular weight is 205 g/mol. The molecule has 1 aromatic rings. The second-order valence-electron chi connectivity index (χ2n) is 4.29. The van der Waals surface area contributed by atoms with Crippen LogP contribution < -0.4 is 0 Å². The lowest BCUT2D eigenvalue weighted by Crippen LogP contribution is -2.08. The van der Waals surface area contributed by atoms with Crippen LogP contribution in [0.5, 0.6) is 0 Å². The fourth-order valence-corrected chi connectivity index (χ4v) is 1.55. The molecule has 0 aliphatic rings. The van der Waals surface area contributed by atoms with Crippen LogP contribution >= 0.6 is 0 Å². The van der Waals surface area contributed by atoms with E-state index in [1.807, 2.05) is 18.2 Å². The summed E-state index contributed by atoms with van der Waals surface area (Å²) in [6, 6.07) is 5.90. The van der Waals surface area contributed by atoms with Gasteiger partial charge in [-0.2, -0.15) is 0 Å². The Balaban J connectivity index is 2.60. The predicted octanol–water partition coefficient (Wildman–Crippen LogP) is 2.80. The van der Waals surface area contributed by atoms with E-state index in [0.717, 1.165) is 17.8 Å². The van der Waals surface area contributed by atoms with Crippen LogP contribution in [0.4, 0.5) is 0 Å². The largest absolute Gasteiger partial charge is 0.299 e. The van der Waals surface area contributed by atoms with Crippen LogP contribution in [-0.4, -0.2) is 10.8 Å². The third-order valence-electron chi connectivity index (χ3n) is 2.24. The van der Waals surface area contributed by atoms with E-state index in [9.17, 15) is 4.79 Å². The van der Waals surface area contributed by atoms with Gasteiger partial charge in [0.25, 0.3) is 0 Å². The van der Waals surface area contributed by atoms with E-state index in [4.69, 9.17) is 0 Å². The van der Waals surface area contributed by atoms with Gasteiger partial charge in [-0.25, -0.2) is 0 Å². The number of carbonyl (C=O) groups is 1. The van der Waals surface area contributed by atoms with Crippen molar-refractivity contribution in [3.05, 3.63) is 29.6 Å². The van der Waals surface area contributed by atoms with Crippen molar-refractivity contribution in [3.63, 3.8) is 0 Å². The minimum Gasteiger partial charge on any atom is -0.299 e. The van der Waals surface area contributed by atoms with E-state index in [-0.39, 0.29) is 5.78 Å². The summed E-state index contributed by atoms with van der Waals surface area (Å²) in [5.41, 5.74) is 1.96. The van der Waals surface area contributed by atoms with Gasteiger partial charge >= 0.3 is 0 Å². The van der Waals surface area contributed by atoms with Gasteiger partial charge in [0.15, 0.2) is 0 Å². The highest BCUT2D eigenvalue weighted by Gasteiger charge is 2.07. The summed E-state index contributed by atoms with van der Waals surface area (Å²) in [6.07, 6.45) is 2.05. The number of carbonyl (C=O) groups excluding carboxylic acids is 1. The van der Waals surface area contributed by atoms with Gasteiger partial charge in [0.1, 0.15) is 5.78 Å². The molecular formula is C13H19NO. The molecule has 0 bridgehead atoms. The van der Waals surface area contributed by atoms with Crippen LogP contribution in [-0.2, 0) is 17.6 Å². The Morgan fingerprint density at radius 3 is 2.60 bits per heavy atom. The first-order valence-corrected chi connectivity index (χ1v) is 5.58. The van der Waals surface area contributed by atoms with Gasteiger partial charge in [-0.3, -0.25) is 9.78 Å². The zero-order valence-corrected chi connectivity index (χ0v) is 9.79. The van der Waals surface area contributed by atoms with Crippen LogP contribution in [0.2, 0.25) is 0 Å². The highest BCUT2D eigenvalue weighted by atomic mass is 16.1. The van der Waals surface area contributed by atoms with Crippen molar-refractivity contribution in [2.75, 3.05) is 0 Å². The Bertz CT molecular complexity index is 331. The fourth-order valence-electron chi connectivity index (χ4n) is 1.55. The van der Waals surface area contributed by atoms with Crippen LogP contribution in [0, 0.1) is 5.92 Å². The molecule has 0 spiro atoms. The Kier molecular flexibility index (Phi) is 4.47. The van der Waals surface area contributed by atoms with Crippen molar-refractivity contribution in [1.82, 2.24) is 4.98 Å². The molecule has 0 unspecified atom stereocenters. The summed E-state index contributed by atoms with van der Waals surface area (Å²) in [6.45, 7) is 6.20. The first-order chi connectivity index (χ1) is 7.11. The molecule has 0 saturated heterocycles. The number of hydrogen-bond acceptors (Lipinski definition) is 2. The maximum atomic E-state index is 11.6. The van der Waals surface area contributed by atoms with Gasteiger partial charge in [0.2, 0.25) is 0 Å². The highest BCUT2D eigenvalue weighted by Crippen LogP contribution is 2.06. The molecule has 0 aliphatic heterocycles. The second kappa shape index (κ2) is 5.64. The molecule has 0 atom stereocenters. The standard InChI is InChI=1S/C13H19NO/c1-4-11-6-5-7-12(14-11)9-13(15)8-10(2)3/h5-7,10H,4,8-9H2,1-3H3. The number of pyridine rings is 1. The molecule has 0 N–H and O–H groups in total. The summed E-state index contributed by atoms with van der Waals surface area (Å²) in [4.78, 5) is 16.0. The molecule has 15 heavy (non-hydrogen) atoms. The maximum Gasteiger partial charge on any atom is 0.139 e. The molecule has 0 amide bonds. The lowest BCUT2D eigenvalue weighted by Gasteiger charge is -2.04. The number of rotatable bonds is 5. The van der Waals surface area contributed by atoms with E-state index in [1.54, 1.807) is 0 Å². The lowest BCUT2D eigenvalue weighted by atomic mass is 10.0. The molecule has 82 valence electrons. The molecule has 1 rings (SSSR count). The van der Waals surface area contributed by atoms with Crippen molar-refractivity contribution in [3.8, 4) is 0 Å². The van der Waals surface area contributed by atoms with Crippen LogP contribution in [0.15, 0.2) is 18.2 Å². The molecule has 0 fully saturated rings. The Morgan fingerprint density at radius 2 is 2.00 bits per heavy atom.